The van der Waals surface area contributed by atoms with Crippen molar-refractivity contribution in [3.8, 4) is 28.6 Å². The Bertz CT molecular complexity index is 1160. The zero-order chi connectivity index (χ0) is 22.7. The van der Waals surface area contributed by atoms with Crippen LogP contribution >= 0.6 is 0 Å². The highest BCUT2D eigenvalue weighted by Crippen LogP contribution is 2.36. The quantitative estimate of drug-likeness (QED) is 0.551. The first-order valence-electron chi connectivity index (χ1n) is 10.4. The van der Waals surface area contributed by atoms with Crippen LogP contribution in [0.2, 0.25) is 0 Å². The molecule has 4 rings (SSSR count). The predicted octanol–water partition coefficient (Wildman–Crippen LogP) is 2.50. The zero-order valence-corrected chi connectivity index (χ0v) is 18.3. The van der Waals surface area contributed by atoms with E-state index in [4.69, 9.17) is 14.2 Å². The SMILES string of the molecule is COc1ccc(-c2nn(CCNC(=O)c3cccc(OC)c3OC)c(=O)n2C2CC2)cc1. The fourth-order valence-electron chi connectivity index (χ4n) is 3.60. The molecule has 1 saturated carbocycles. The molecule has 1 aromatic heterocycles. The van der Waals surface area contributed by atoms with Crippen molar-refractivity contribution in [3.05, 3.63) is 58.5 Å². The number of hydrogen-bond acceptors (Lipinski definition) is 6. The first-order valence-corrected chi connectivity index (χ1v) is 10.4. The second-order valence-electron chi connectivity index (χ2n) is 7.46. The summed E-state index contributed by atoms with van der Waals surface area (Å²) in [6, 6.07) is 12.7. The number of nitrogens with zero attached hydrogens (tertiary/aromatic N) is 3. The molecule has 9 nitrogen and oxygen atoms in total. The second kappa shape index (κ2) is 9.17. The topological polar surface area (TPSA) is 96.6 Å². The molecule has 0 aliphatic heterocycles. The molecule has 9 heteroatoms. The van der Waals surface area contributed by atoms with Crippen molar-refractivity contribution in [1.82, 2.24) is 19.7 Å². The van der Waals surface area contributed by atoms with Crippen LogP contribution in [0.1, 0.15) is 29.2 Å². The smallest absolute Gasteiger partial charge is 0.346 e. The van der Waals surface area contributed by atoms with Crippen LogP contribution in [0.5, 0.6) is 17.2 Å². The molecule has 0 atom stereocenters. The van der Waals surface area contributed by atoms with Crippen molar-refractivity contribution in [2.45, 2.75) is 25.4 Å². The summed E-state index contributed by atoms with van der Waals surface area (Å²) in [5.74, 6) is 1.89. The standard InChI is InChI=1S/C23H26N4O5/c1-30-17-11-7-15(8-12-17)21-25-26(23(29)27(21)16-9-10-16)14-13-24-22(28)18-5-4-6-19(31-2)20(18)32-3/h4-8,11-12,16H,9-10,13-14H2,1-3H3,(H,24,28). The molecular formula is C23H26N4O5. The monoisotopic (exact) mass is 438 g/mol. The highest BCUT2D eigenvalue weighted by Gasteiger charge is 2.30. The number of methoxy groups -OCH3 is 3. The van der Waals surface area contributed by atoms with E-state index >= 15 is 0 Å². The number of carbonyl (C=O) groups is 1. The van der Waals surface area contributed by atoms with E-state index in [-0.39, 0.29) is 30.7 Å². The number of benzene rings is 2. The van der Waals surface area contributed by atoms with Crippen LogP contribution in [0.3, 0.4) is 0 Å². The molecule has 0 unspecified atom stereocenters. The van der Waals surface area contributed by atoms with Crippen LogP contribution in [-0.2, 0) is 6.54 Å². The summed E-state index contributed by atoms with van der Waals surface area (Å²) in [6.07, 6.45) is 1.92. The van der Waals surface area contributed by atoms with Gasteiger partial charge in [-0.1, -0.05) is 6.07 Å². The van der Waals surface area contributed by atoms with Crippen molar-refractivity contribution < 1.29 is 19.0 Å². The third-order valence-electron chi connectivity index (χ3n) is 5.39. The molecule has 0 radical (unpaired) electrons. The summed E-state index contributed by atoms with van der Waals surface area (Å²) in [4.78, 5) is 25.7. The number of carbonyl (C=O) groups excluding carboxylic acids is 1. The summed E-state index contributed by atoms with van der Waals surface area (Å²) in [7, 11) is 4.61. The van der Waals surface area contributed by atoms with E-state index < -0.39 is 0 Å². The van der Waals surface area contributed by atoms with Gasteiger partial charge in [0, 0.05) is 18.2 Å². The van der Waals surface area contributed by atoms with Crippen LogP contribution < -0.4 is 25.2 Å². The summed E-state index contributed by atoms with van der Waals surface area (Å²) >= 11 is 0. The maximum atomic E-state index is 13.0. The fourth-order valence-corrected chi connectivity index (χ4v) is 3.60. The molecule has 2 aromatic carbocycles. The maximum absolute atomic E-state index is 13.0. The van der Waals surface area contributed by atoms with E-state index in [9.17, 15) is 9.59 Å². The number of amides is 1. The minimum Gasteiger partial charge on any atom is -0.497 e. The van der Waals surface area contributed by atoms with E-state index in [1.165, 1.54) is 18.9 Å². The molecule has 32 heavy (non-hydrogen) atoms. The predicted molar refractivity (Wildman–Crippen MR) is 119 cm³/mol. The van der Waals surface area contributed by atoms with E-state index in [1.807, 2.05) is 24.3 Å². The number of aromatic nitrogens is 3. The molecule has 1 aliphatic rings. The lowest BCUT2D eigenvalue weighted by atomic mass is 10.1. The Labute approximate surface area is 185 Å². The van der Waals surface area contributed by atoms with E-state index in [0.29, 0.717) is 22.9 Å². The van der Waals surface area contributed by atoms with Crippen molar-refractivity contribution in [2.24, 2.45) is 0 Å². The van der Waals surface area contributed by atoms with Crippen molar-refractivity contribution in [1.29, 1.82) is 0 Å². The summed E-state index contributed by atoms with van der Waals surface area (Å²) < 4.78 is 18.9. The minimum atomic E-state index is -0.314. The van der Waals surface area contributed by atoms with Gasteiger partial charge in [0.05, 0.1) is 33.4 Å². The van der Waals surface area contributed by atoms with E-state index in [2.05, 4.69) is 10.4 Å². The van der Waals surface area contributed by atoms with Gasteiger partial charge in [-0.15, -0.1) is 5.10 Å². The van der Waals surface area contributed by atoms with E-state index in [0.717, 1.165) is 24.2 Å². The van der Waals surface area contributed by atoms with Gasteiger partial charge in [0.1, 0.15) is 5.75 Å². The highest BCUT2D eigenvalue weighted by molar-refractivity contribution is 5.97. The molecule has 1 heterocycles. The first kappa shape index (κ1) is 21.5. The molecule has 3 aromatic rings. The molecule has 1 amide bonds. The number of hydrogen-bond donors (Lipinski definition) is 1. The lowest BCUT2D eigenvalue weighted by molar-refractivity contribution is 0.0948. The summed E-state index contributed by atoms with van der Waals surface area (Å²) in [5.41, 5.74) is 1.03. The third kappa shape index (κ3) is 4.18. The largest absolute Gasteiger partial charge is 0.497 e. The lowest BCUT2D eigenvalue weighted by Crippen LogP contribution is -2.32. The highest BCUT2D eigenvalue weighted by atomic mass is 16.5. The lowest BCUT2D eigenvalue weighted by Gasteiger charge is -2.12. The first-order chi connectivity index (χ1) is 15.6. The van der Waals surface area contributed by atoms with Gasteiger partial charge in [0.2, 0.25) is 0 Å². The molecule has 168 valence electrons. The number of ether oxygens (including phenoxy) is 3. The zero-order valence-electron chi connectivity index (χ0n) is 18.3. The Balaban J connectivity index is 1.51. The van der Waals surface area contributed by atoms with Gasteiger partial charge >= 0.3 is 5.69 Å². The van der Waals surface area contributed by atoms with Crippen LogP contribution in [0, 0.1) is 0 Å². The molecule has 1 fully saturated rings. The molecule has 1 aliphatic carbocycles. The Morgan fingerprint density at radius 2 is 1.81 bits per heavy atom. The van der Waals surface area contributed by atoms with Gasteiger partial charge in [-0.3, -0.25) is 9.36 Å². The summed E-state index contributed by atoms with van der Waals surface area (Å²) in [5, 5.41) is 7.39. The minimum absolute atomic E-state index is 0.170. The van der Waals surface area contributed by atoms with E-state index in [1.54, 1.807) is 29.9 Å². The molecular weight excluding hydrogens is 412 g/mol. The van der Waals surface area contributed by atoms with Crippen molar-refractivity contribution >= 4 is 5.91 Å². The maximum Gasteiger partial charge on any atom is 0.346 e. The van der Waals surface area contributed by atoms with Gasteiger partial charge in [-0.25, -0.2) is 9.48 Å². The average molecular weight is 438 g/mol. The number of rotatable bonds is 9. The van der Waals surface area contributed by atoms with Gasteiger partial charge in [0.25, 0.3) is 5.91 Å². The average Bonchev–Trinajstić information content (AvgIpc) is 3.61. The van der Waals surface area contributed by atoms with Gasteiger partial charge in [0.15, 0.2) is 17.3 Å². The van der Waals surface area contributed by atoms with Crippen LogP contribution in [0.15, 0.2) is 47.3 Å². The Kier molecular flexibility index (Phi) is 6.16. The Morgan fingerprint density at radius 3 is 2.44 bits per heavy atom. The third-order valence-corrected chi connectivity index (χ3v) is 5.39. The molecule has 1 N–H and O–H groups in total. The van der Waals surface area contributed by atoms with Crippen molar-refractivity contribution in [3.63, 3.8) is 0 Å². The number of para-hydroxylation sites is 1. The fraction of sp³-hybridized carbons (Fsp3) is 0.348. The molecule has 0 spiro atoms. The second-order valence-corrected chi connectivity index (χ2v) is 7.46. The number of nitrogens with one attached hydrogen (secondary N) is 1. The summed E-state index contributed by atoms with van der Waals surface area (Å²) in [6.45, 7) is 0.489. The Hall–Kier alpha value is -3.75. The van der Waals surface area contributed by atoms with Crippen molar-refractivity contribution in [2.75, 3.05) is 27.9 Å². The van der Waals surface area contributed by atoms with Crippen LogP contribution in [0.4, 0.5) is 0 Å². The Morgan fingerprint density at radius 1 is 1.06 bits per heavy atom. The van der Waals surface area contributed by atoms with Gasteiger partial charge in [-0.2, -0.15) is 0 Å². The normalized spacial score (nSPS) is 13.0. The molecule has 0 saturated heterocycles. The van der Waals surface area contributed by atoms with Gasteiger partial charge in [-0.05, 0) is 49.2 Å². The molecule has 0 bridgehead atoms. The van der Waals surface area contributed by atoms with Gasteiger partial charge < -0.3 is 19.5 Å². The van der Waals surface area contributed by atoms with Crippen LogP contribution in [0.25, 0.3) is 11.4 Å². The van der Waals surface area contributed by atoms with Crippen LogP contribution in [-0.4, -0.2) is 48.1 Å².